The molecule has 0 aliphatic carbocycles. The average molecular weight is 351 g/mol. The molecule has 3 heterocycles. The Morgan fingerprint density at radius 1 is 1.46 bits per heavy atom. The molecule has 24 heavy (non-hydrogen) atoms. The Kier molecular flexibility index (Phi) is 5.50. The predicted octanol–water partition coefficient (Wildman–Crippen LogP) is 1.22. The highest BCUT2D eigenvalue weighted by Crippen LogP contribution is 2.31. The fourth-order valence-electron chi connectivity index (χ4n) is 3.87. The first-order valence-corrected chi connectivity index (χ1v) is 9.55. The quantitative estimate of drug-likeness (QED) is 0.865. The van der Waals surface area contributed by atoms with E-state index in [4.69, 9.17) is 5.11 Å². The second-order valence-corrected chi connectivity index (χ2v) is 7.76. The van der Waals surface area contributed by atoms with Gasteiger partial charge < -0.3 is 14.9 Å². The molecule has 0 radical (unpaired) electrons. The van der Waals surface area contributed by atoms with Gasteiger partial charge in [-0.2, -0.15) is 0 Å². The van der Waals surface area contributed by atoms with Crippen molar-refractivity contribution < 1.29 is 14.7 Å². The maximum atomic E-state index is 12.5. The van der Waals surface area contributed by atoms with Crippen molar-refractivity contribution in [3.8, 4) is 0 Å². The molecule has 0 bridgehead atoms. The van der Waals surface area contributed by atoms with Gasteiger partial charge in [0.1, 0.15) is 0 Å². The van der Waals surface area contributed by atoms with Gasteiger partial charge in [0.25, 0.3) is 0 Å². The third-order valence-corrected chi connectivity index (χ3v) is 5.87. The lowest BCUT2D eigenvalue weighted by atomic mass is 9.83. The van der Waals surface area contributed by atoms with Crippen LogP contribution in [-0.2, 0) is 16.0 Å². The Morgan fingerprint density at radius 3 is 3.00 bits per heavy atom. The van der Waals surface area contributed by atoms with E-state index in [2.05, 4.69) is 4.98 Å². The van der Waals surface area contributed by atoms with Gasteiger partial charge in [-0.05, 0) is 32.1 Å². The van der Waals surface area contributed by atoms with Crippen LogP contribution < -0.4 is 0 Å². The third kappa shape index (κ3) is 3.78. The molecule has 0 saturated carbocycles. The zero-order valence-electron chi connectivity index (χ0n) is 14.1. The first-order chi connectivity index (χ1) is 11.6. The number of carbonyl (C=O) groups excluding carboxylic acids is 2. The number of aliphatic hydroxyl groups excluding tert-OH is 1. The van der Waals surface area contributed by atoms with Crippen LogP contribution in [-0.4, -0.2) is 64.0 Å². The van der Waals surface area contributed by atoms with Crippen LogP contribution >= 0.6 is 11.3 Å². The highest BCUT2D eigenvalue weighted by atomic mass is 32.1. The number of hydrogen-bond donors (Lipinski definition) is 1. The van der Waals surface area contributed by atoms with Gasteiger partial charge in [0, 0.05) is 44.1 Å². The number of nitrogens with zero attached hydrogens (tertiary/aromatic N) is 3. The summed E-state index contributed by atoms with van der Waals surface area (Å²) >= 11 is 1.57. The molecule has 6 nitrogen and oxygen atoms in total. The zero-order valence-corrected chi connectivity index (χ0v) is 14.9. The molecule has 132 valence electrons. The minimum Gasteiger partial charge on any atom is -0.396 e. The molecule has 0 spiro atoms. The van der Waals surface area contributed by atoms with Crippen molar-refractivity contribution in [2.75, 3.05) is 26.2 Å². The predicted molar refractivity (Wildman–Crippen MR) is 91.7 cm³/mol. The third-order valence-electron chi connectivity index (χ3n) is 5.05. The summed E-state index contributed by atoms with van der Waals surface area (Å²) in [6, 6.07) is 0.225. The van der Waals surface area contributed by atoms with Crippen LogP contribution in [0.3, 0.4) is 0 Å². The highest BCUT2D eigenvalue weighted by molar-refractivity contribution is 7.09. The van der Waals surface area contributed by atoms with Gasteiger partial charge in [-0.25, -0.2) is 4.98 Å². The zero-order chi connectivity index (χ0) is 17.1. The molecule has 1 aromatic rings. The number of rotatable bonds is 5. The molecule has 1 N–H and O–H groups in total. The fourth-order valence-corrected chi connectivity index (χ4v) is 4.48. The van der Waals surface area contributed by atoms with Crippen LogP contribution in [0.25, 0.3) is 0 Å². The summed E-state index contributed by atoms with van der Waals surface area (Å²) < 4.78 is 0. The van der Waals surface area contributed by atoms with Gasteiger partial charge in [-0.3, -0.25) is 9.59 Å². The molecule has 2 fully saturated rings. The highest BCUT2D eigenvalue weighted by Gasteiger charge is 2.39. The van der Waals surface area contributed by atoms with Crippen molar-refractivity contribution >= 4 is 23.2 Å². The standard InChI is InChI=1S/C17H25N3O3S/c1-12-18-14(11-24-12)9-17(23)19-7-5-15-13(10-19)3-4-16(22)20(15)6-2-8-21/h11,13,15,21H,2-10H2,1H3/t13-,15+/m0/s1. The van der Waals surface area contributed by atoms with Crippen LogP contribution in [0.4, 0.5) is 0 Å². The van der Waals surface area contributed by atoms with E-state index in [1.54, 1.807) is 11.3 Å². The molecule has 7 heteroatoms. The van der Waals surface area contributed by atoms with Crippen molar-refractivity contribution in [1.82, 2.24) is 14.8 Å². The second-order valence-electron chi connectivity index (χ2n) is 6.69. The Balaban J connectivity index is 1.59. The molecule has 1 aromatic heterocycles. The van der Waals surface area contributed by atoms with E-state index in [0.29, 0.717) is 38.3 Å². The summed E-state index contributed by atoms with van der Waals surface area (Å²) in [5, 5.41) is 12.0. The van der Waals surface area contributed by atoms with E-state index in [0.717, 1.165) is 30.1 Å². The number of hydrogen-bond acceptors (Lipinski definition) is 5. The van der Waals surface area contributed by atoms with Crippen LogP contribution in [0.1, 0.15) is 36.4 Å². The SMILES string of the molecule is Cc1nc(CC(=O)N2CC[C@@H]3[C@@H](CCC(=O)N3CCCO)C2)cs1. The second kappa shape index (κ2) is 7.61. The Bertz CT molecular complexity index is 604. The summed E-state index contributed by atoms with van der Waals surface area (Å²) in [6.45, 7) is 4.12. The van der Waals surface area contributed by atoms with Crippen LogP contribution in [0.15, 0.2) is 5.38 Å². The lowest BCUT2D eigenvalue weighted by Crippen LogP contribution is -2.57. The fraction of sp³-hybridized carbons (Fsp3) is 0.706. The van der Waals surface area contributed by atoms with Gasteiger partial charge in [0.2, 0.25) is 11.8 Å². The number of aromatic nitrogens is 1. The minimum absolute atomic E-state index is 0.110. The topological polar surface area (TPSA) is 73.7 Å². The number of likely N-dealkylation sites (tertiary alicyclic amines) is 2. The molecular weight excluding hydrogens is 326 g/mol. The normalized spacial score (nSPS) is 24.2. The van der Waals surface area contributed by atoms with E-state index < -0.39 is 0 Å². The van der Waals surface area contributed by atoms with Crippen LogP contribution in [0.2, 0.25) is 0 Å². The Hall–Kier alpha value is -1.47. The number of aliphatic hydroxyl groups is 1. The van der Waals surface area contributed by atoms with Gasteiger partial charge >= 0.3 is 0 Å². The molecule has 2 saturated heterocycles. The minimum atomic E-state index is 0.110. The first kappa shape index (κ1) is 17.4. The number of carbonyl (C=O) groups is 2. The van der Waals surface area contributed by atoms with Crippen LogP contribution in [0, 0.1) is 12.8 Å². The molecule has 2 aliphatic rings. The molecule has 0 unspecified atom stereocenters. The van der Waals surface area contributed by atoms with Crippen molar-refractivity contribution in [2.45, 2.75) is 45.1 Å². The van der Waals surface area contributed by atoms with Crippen LogP contribution in [0.5, 0.6) is 0 Å². The first-order valence-electron chi connectivity index (χ1n) is 8.67. The number of fused-ring (bicyclic) bond motifs is 1. The van der Waals surface area contributed by atoms with Crippen molar-refractivity contribution in [1.29, 1.82) is 0 Å². The average Bonchev–Trinajstić information content (AvgIpc) is 2.98. The molecule has 0 aromatic carbocycles. The summed E-state index contributed by atoms with van der Waals surface area (Å²) in [6.07, 6.45) is 3.25. The number of piperidine rings is 2. The summed E-state index contributed by atoms with van der Waals surface area (Å²) in [4.78, 5) is 33.0. The maximum absolute atomic E-state index is 12.5. The Labute approximate surface area is 146 Å². The molecule has 2 atom stereocenters. The van der Waals surface area contributed by atoms with Gasteiger partial charge in [-0.1, -0.05) is 0 Å². The van der Waals surface area contributed by atoms with E-state index in [-0.39, 0.29) is 24.5 Å². The smallest absolute Gasteiger partial charge is 0.228 e. The van der Waals surface area contributed by atoms with Gasteiger partial charge in [0.05, 0.1) is 17.1 Å². The summed E-state index contributed by atoms with van der Waals surface area (Å²) in [5.41, 5.74) is 0.855. The molecule has 2 aliphatic heterocycles. The molecule has 3 rings (SSSR count). The summed E-state index contributed by atoms with van der Waals surface area (Å²) in [5.74, 6) is 0.691. The van der Waals surface area contributed by atoms with E-state index in [1.165, 1.54) is 0 Å². The van der Waals surface area contributed by atoms with E-state index in [9.17, 15) is 9.59 Å². The number of aryl methyl sites for hydroxylation is 1. The van der Waals surface area contributed by atoms with Gasteiger partial charge in [-0.15, -0.1) is 11.3 Å². The lowest BCUT2D eigenvalue weighted by Gasteiger charge is -2.47. The monoisotopic (exact) mass is 351 g/mol. The summed E-state index contributed by atoms with van der Waals surface area (Å²) in [7, 11) is 0. The number of amides is 2. The largest absolute Gasteiger partial charge is 0.396 e. The Morgan fingerprint density at radius 2 is 2.29 bits per heavy atom. The van der Waals surface area contributed by atoms with E-state index in [1.807, 2.05) is 22.1 Å². The van der Waals surface area contributed by atoms with Crippen molar-refractivity contribution in [3.05, 3.63) is 16.1 Å². The molecule has 2 amide bonds. The van der Waals surface area contributed by atoms with Crippen molar-refractivity contribution in [3.63, 3.8) is 0 Å². The van der Waals surface area contributed by atoms with Crippen molar-refractivity contribution in [2.24, 2.45) is 5.92 Å². The maximum Gasteiger partial charge on any atom is 0.228 e. The lowest BCUT2D eigenvalue weighted by molar-refractivity contribution is -0.144. The molecular formula is C17H25N3O3S. The number of thiazole rings is 1. The van der Waals surface area contributed by atoms with E-state index >= 15 is 0 Å². The van der Waals surface area contributed by atoms with Gasteiger partial charge in [0.15, 0.2) is 0 Å².